The van der Waals surface area contributed by atoms with Crippen LogP contribution in [0.5, 0.6) is 0 Å². The Labute approximate surface area is 68.0 Å². The van der Waals surface area contributed by atoms with Crippen molar-refractivity contribution in [3.63, 3.8) is 0 Å². The van der Waals surface area contributed by atoms with Gasteiger partial charge in [0.1, 0.15) is 0 Å². The second-order valence-electron chi connectivity index (χ2n) is 2.78. The molecule has 0 spiro atoms. The van der Waals surface area contributed by atoms with Gasteiger partial charge in [0.15, 0.2) is 0 Å². The number of nitrogens with zero attached hydrogens (tertiary/aromatic N) is 3. The number of hydrazone groups is 1. The lowest BCUT2D eigenvalue weighted by Crippen LogP contribution is -2.39. The van der Waals surface area contributed by atoms with Gasteiger partial charge in [-0.2, -0.15) is 5.10 Å². The zero-order chi connectivity index (χ0) is 8.27. The van der Waals surface area contributed by atoms with Gasteiger partial charge in [0.2, 0.25) is 0 Å². The van der Waals surface area contributed by atoms with Gasteiger partial charge in [-0.3, -0.25) is 9.91 Å². The predicted octanol–water partition coefficient (Wildman–Crippen LogP) is 0.753. The van der Waals surface area contributed by atoms with Gasteiger partial charge in [-0.1, -0.05) is 6.08 Å². The highest BCUT2D eigenvalue weighted by Crippen LogP contribution is 2.10. The van der Waals surface area contributed by atoms with Gasteiger partial charge in [-0.15, -0.1) is 0 Å². The Kier molecular flexibility index (Phi) is 2.65. The fourth-order valence-electron chi connectivity index (χ4n) is 1.25. The van der Waals surface area contributed by atoms with Crippen molar-refractivity contribution in [3.05, 3.63) is 11.8 Å². The quantitative estimate of drug-likeness (QED) is 0.518. The van der Waals surface area contributed by atoms with Crippen LogP contribution in [0.3, 0.4) is 0 Å². The Morgan fingerprint density at radius 2 is 2.27 bits per heavy atom. The second-order valence-corrected chi connectivity index (χ2v) is 2.78. The lowest BCUT2D eigenvalue weighted by molar-refractivity contribution is 0.209. The minimum Gasteiger partial charge on any atom is -0.299 e. The lowest BCUT2D eigenvalue weighted by Gasteiger charge is -2.32. The smallest absolute Gasteiger partial charge is 0.0539 e. The zero-order valence-corrected chi connectivity index (χ0v) is 7.25. The Hall–Kier alpha value is -0.830. The van der Waals surface area contributed by atoms with Gasteiger partial charge < -0.3 is 0 Å². The highest BCUT2D eigenvalue weighted by molar-refractivity contribution is 5.24. The van der Waals surface area contributed by atoms with Crippen molar-refractivity contribution in [1.29, 1.82) is 0 Å². The minimum absolute atomic E-state index is 0.958. The summed E-state index contributed by atoms with van der Waals surface area (Å²) >= 11 is 0. The summed E-state index contributed by atoms with van der Waals surface area (Å²) in [5.74, 6) is 0. The maximum absolute atomic E-state index is 3.92. The maximum atomic E-state index is 3.92. The van der Waals surface area contributed by atoms with Crippen LogP contribution < -0.4 is 0 Å². The van der Waals surface area contributed by atoms with Crippen molar-refractivity contribution in [2.24, 2.45) is 5.10 Å². The van der Waals surface area contributed by atoms with Crippen molar-refractivity contribution in [1.82, 2.24) is 9.91 Å². The van der Waals surface area contributed by atoms with Crippen LogP contribution in [-0.2, 0) is 0 Å². The predicted molar refractivity (Wildman–Crippen MR) is 47.5 cm³/mol. The molecule has 1 fully saturated rings. The fraction of sp³-hybridized carbons (Fsp3) is 0.625. The molecule has 0 aromatic rings. The maximum Gasteiger partial charge on any atom is 0.0539 e. The summed E-state index contributed by atoms with van der Waals surface area (Å²) in [6.45, 7) is 8.56. The van der Waals surface area contributed by atoms with E-state index in [1.54, 1.807) is 0 Å². The summed E-state index contributed by atoms with van der Waals surface area (Å²) in [5.41, 5.74) is 1.24. The monoisotopic (exact) mass is 153 g/mol. The SMILES string of the molecule is C=NN1CCN(C)C/C1=C/C. The summed E-state index contributed by atoms with van der Waals surface area (Å²) < 4.78 is 0. The van der Waals surface area contributed by atoms with Crippen LogP contribution in [0.4, 0.5) is 0 Å². The molecule has 0 aromatic heterocycles. The minimum atomic E-state index is 0.958. The van der Waals surface area contributed by atoms with Crippen molar-refractivity contribution < 1.29 is 0 Å². The van der Waals surface area contributed by atoms with Gasteiger partial charge in [0.05, 0.1) is 6.54 Å². The number of hydrogen-bond donors (Lipinski definition) is 0. The summed E-state index contributed by atoms with van der Waals surface area (Å²) in [5, 5.41) is 5.88. The molecule has 0 aliphatic carbocycles. The molecule has 0 saturated carbocycles. The van der Waals surface area contributed by atoms with Gasteiger partial charge in [-0.05, 0) is 14.0 Å². The topological polar surface area (TPSA) is 18.8 Å². The average molecular weight is 153 g/mol. The molecule has 1 saturated heterocycles. The first-order valence-electron chi connectivity index (χ1n) is 3.86. The van der Waals surface area contributed by atoms with Crippen LogP contribution >= 0.6 is 0 Å². The van der Waals surface area contributed by atoms with E-state index in [9.17, 15) is 0 Å². The molecular formula is C8H15N3. The second kappa shape index (κ2) is 3.53. The number of rotatable bonds is 1. The van der Waals surface area contributed by atoms with E-state index in [-0.39, 0.29) is 0 Å². The zero-order valence-electron chi connectivity index (χ0n) is 7.25. The van der Waals surface area contributed by atoms with Gasteiger partial charge >= 0.3 is 0 Å². The van der Waals surface area contributed by atoms with Gasteiger partial charge in [0.25, 0.3) is 0 Å². The van der Waals surface area contributed by atoms with E-state index in [4.69, 9.17) is 0 Å². The molecule has 0 amide bonds. The first-order valence-corrected chi connectivity index (χ1v) is 3.86. The molecule has 11 heavy (non-hydrogen) atoms. The molecule has 1 aliphatic heterocycles. The molecule has 0 unspecified atom stereocenters. The van der Waals surface area contributed by atoms with E-state index >= 15 is 0 Å². The van der Waals surface area contributed by atoms with E-state index in [2.05, 4.69) is 29.8 Å². The van der Waals surface area contributed by atoms with Crippen LogP contribution in [0.25, 0.3) is 0 Å². The molecule has 0 bridgehead atoms. The molecule has 62 valence electrons. The average Bonchev–Trinajstić information content (AvgIpc) is 2.04. The van der Waals surface area contributed by atoms with E-state index in [0.717, 1.165) is 19.6 Å². The molecule has 0 N–H and O–H groups in total. The molecule has 0 atom stereocenters. The Balaban J connectivity index is 2.63. The van der Waals surface area contributed by atoms with Crippen molar-refractivity contribution in [3.8, 4) is 0 Å². The largest absolute Gasteiger partial charge is 0.299 e. The van der Waals surface area contributed by atoms with E-state index in [1.807, 2.05) is 11.9 Å². The Bertz CT molecular complexity index is 174. The Morgan fingerprint density at radius 1 is 1.55 bits per heavy atom. The van der Waals surface area contributed by atoms with Crippen LogP contribution in [0, 0.1) is 0 Å². The molecule has 0 radical (unpaired) electrons. The van der Waals surface area contributed by atoms with E-state index in [1.165, 1.54) is 5.70 Å². The number of hydrogen-bond acceptors (Lipinski definition) is 3. The number of likely N-dealkylation sites (N-methyl/N-ethyl adjacent to an activating group) is 1. The van der Waals surface area contributed by atoms with Gasteiger partial charge in [-0.25, -0.2) is 0 Å². The van der Waals surface area contributed by atoms with Crippen molar-refractivity contribution >= 4 is 6.72 Å². The Morgan fingerprint density at radius 3 is 2.82 bits per heavy atom. The summed E-state index contributed by atoms with van der Waals surface area (Å²) in [6.07, 6.45) is 2.09. The fourth-order valence-corrected chi connectivity index (χ4v) is 1.25. The van der Waals surface area contributed by atoms with Gasteiger partial charge in [0, 0.05) is 25.5 Å². The van der Waals surface area contributed by atoms with Crippen LogP contribution in [0.15, 0.2) is 16.9 Å². The number of allylic oxidation sites excluding steroid dienone is 1. The van der Waals surface area contributed by atoms with Crippen molar-refractivity contribution in [2.45, 2.75) is 6.92 Å². The van der Waals surface area contributed by atoms with Crippen LogP contribution in [0.2, 0.25) is 0 Å². The molecule has 1 aliphatic rings. The summed E-state index contributed by atoms with van der Waals surface area (Å²) in [7, 11) is 2.12. The standard InChI is InChI=1S/C8H15N3/c1-4-8-7-10(3)5-6-11(8)9-2/h4H,2,5-7H2,1,3H3/b8-4-. The molecule has 0 aromatic carbocycles. The normalized spacial score (nSPS) is 24.2. The highest BCUT2D eigenvalue weighted by Gasteiger charge is 2.15. The first kappa shape index (κ1) is 8.27. The third kappa shape index (κ3) is 1.80. The molecule has 3 nitrogen and oxygen atoms in total. The summed E-state index contributed by atoms with van der Waals surface area (Å²) in [4.78, 5) is 2.27. The molecule has 1 rings (SSSR count). The third-order valence-electron chi connectivity index (χ3n) is 1.96. The third-order valence-corrected chi connectivity index (χ3v) is 1.96. The highest BCUT2D eigenvalue weighted by atomic mass is 15.5. The molecule has 3 heteroatoms. The van der Waals surface area contributed by atoms with E-state index in [0.29, 0.717) is 0 Å². The van der Waals surface area contributed by atoms with Crippen LogP contribution in [0.1, 0.15) is 6.92 Å². The molecule has 1 heterocycles. The lowest BCUT2D eigenvalue weighted by atomic mass is 10.3. The van der Waals surface area contributed by atoms with E-state index < -0.39 is 0 Å². The van der Waals surface area contributed by atoms with Crippen LogP contribution in [-0.4, -0.2) is 43.3 Å². The molecular weight excluding hydrogens is 138 g/mol. The first-order chi connectivity index (χ1) is 5.27. The number of piperazine rings is 1. The van der Waals surface area contributed by atoms with Crippen molar-refractivity contribution in [2.75, 3.05) is 26.7 Å². The summed E-state index contributed by atoms with van der Waals surface area (Å²) in [6, 6.07) is 0.